The van der Waals surface area contributed by atoms with Crippen LogP contribution in [0.1, 0.15) is 29.8 Å². The number of amides is 1. The molecule has 1 amide bonds. The van der Waals surface area contributed by atoms with Crippen molar-refractivity contribution in [3.05, 3.63) is 65.6 Å². The normalized spacial score (nSPS) is 20.2. The molecule has 1 aliphatic rings. The largest absolute Gasteiger partial charge is 0.496 e. The lowest BCUT2D eigenvalue weighted by atomic mass is 10.0. The fourth-order valence-corrected chi connectivity index (χ4v) is 4.10. The number of aromatic amines is 1. The summed E-state index contributed by atoms with van der Waals surface area (Å²) in [6.45, 7) is 6.34. The molecule has 0 aliphatic carbocycles. The smallest absolute Gasteiger partial charge is 0.257 e. The summed E-state index contributed by atoms with van der Waals surface area (Å²) in [5.41, 5.74) is 2.61. The molecule has 1 saturated heterocycles. The maximum Gasteiger partial charge on any atom is 0.257 e. The molecule has 2 heterocycles. The van der Waals surface area contributed by atoms with Gasteiger partial charge in [-0.05, 0) is 43.7 Å². The molecule has 1 N–H and O–H groups in total. The molecule has 0 radical (unpaired) electrons. The summed E-state index contributed by atoms with van der Waals surface area (Å²) in [6, 6.07) is 12.6. The van der Waals surface area contributed by atoms with Gasteiger partial charge in [0.05, 0.1) is 12.7 Å². The maximum absolute atomic E-state index is 13.4. The predicted octanol–water partition coefficient (Wildman–Crippen LogP) is 4.05. The van der Waals surface area contributed by atoms with E-state index < -0.39 is 0 Å². The van der Waals surface area contributed by atoms with E-state index in [0.717, 1.165) is 29.6 Å². The number of rotatable bonds is 4. The fraction of sp³-hybridized carbons (Fsp3) is 0.348. The molecule has 3 aromatic rings. The number of aromatic nitrogens is 1. The van der Waals surface area contributed by atoms with Crippen molar-refractivity contribution in [1.29, 1.82) is 0 Å². The Bertz CT molecular complexity index is 1010. The van der Waals surface area contributed by atoms with Gasteiger partial charge in [-0.25, -0.2) is 4.39 Å². The molecular formula is C23H26FN3O2. The van der Waals surface area contributed by atoms with Crippen LogP contribution in [0.4, 0.5) is 4.39 Å². The Kier molecular flexibility index (Phi) is 5.28. The zero-order valence-corrected chi connectivity index (χ0v) is 17.0. The summed E-state index contributed by atoms with van der Waals surface area (Å²) in [6.07, 6.45) is 1.86. The molecule has 6 heteroatoms. The van der Waals surface area contributed by atoms with Crippen LogP contribution in [-0.4, -0.2) is 53.0 Å². The number of fused-ring (bicyclic) bond motifs is 1. The minimum atomic E-state index is -0.223. The van der Waals surface area contributed by atoms with Gasteiger partial charge in [-0.15, -0.1) is 0 Å². The lowest BCUT2D eigenvalue weighted by molar-refractivity contribution is 0.0288. The number of carbonyl (C=O) groups excluding carboxylic acids is 1. The minimum absolute atomic E-state index is 0.00858. The summed E-state index contributed by atoms with van der Waals surface area (Å²) in [5, 5.41) is 0.991. The van der Waals surface area contributed by atoms with Gasteiger partial charge in [-0.3, -0.25) is 9.69 Å². The Morgan fingerprint density at radius 1 is 1.14 bits per heavy atom. The van der Waals surface area contributed by atoms with E-state index in [1.807, 2.05) is 41.4 Å². The van der Waals surface area contributed by atoms with Gasteiger partial charge in [-0.1, -0.05) is 12.1 Å². The second-order valence-corrected chi connectivity index (χ2v) is 7.83. The van der Waals surface area contributed by atoms with Gasteiger partial charge < -0.3 is 14.6 Å². The third kappa shape index (κ3) is 3.85. The van der Waals surface area contributed by atoms with Gasteiger partial charge in [-0.2, -0.15) is 0 Å². The molecule has 2 atom stereocenters. The molecule has 29 heavy (non-hydrogen) atoms. The number of hydrogen-bond donors (Lipinski definition) is 1. The Balaban J connectivity index is 1.53. The molecule has 0 bridgehead atoms. The van der Waals surface area contributed by atoms with E-state index in [9.17, 15) is 9.18 Å². The molecule has 1 fully saturated rings. The maximum atomic E-state index is 13.4. The van der Waals surface area contributed by atoms with Crippen LogP contribution in [-0.2, 0) is 6.54 Å². The zero-order chi connectivity index (χ0) is 20.5. The van der Waals surface area contributed by atoms with Gasteiger partial charge >= 0.3 is 0 Å². The number of piperazine rings is 1. The van der Waals surface area contributed by atoms with E-state index in [-0.39, 0.29) is 23.8 Å². The first kappa shape index (κ1) is 19.5. The monoisotopic (exact) mass is 395 g/mol. The van der Waals surface area contributed by atoms with Crippen molar-refractivity contribution >= 4 is 16.8 Å². The highest BCUT2D eigenvalue weighted by molar-refractivity contribution is 6.01. The van der Waals surface area contributed by atoms with E-state index in [1.165, 1.54) is 12.1 Å². The third-order valence-corrected chi connectivity index (χ3v) is 5.78. The lowest BCUT2D eigenvalue weighted by Gasteiger charge is -2.44. The number of hydrogen-bond acceptors (Lipinski definition) is 3. The first-order chi connectivity index (χ1) is 14.0. The molecule has 0 unspecified atom stereocenters. The molecule has 2 aromatic carbocycles. The van der Waals surface area contributed by atoms with E-state index in [1.54, 1.807) is 7.11 Å². The summed E-state index contributed by atoms with van der Waals surface area (Å²) in [5.74, 6) is 0.350. The van der Waals surface area contributed by atoms with Crippen molar-refractivity contribution in [3.63, 3.8) is 0 Å². The molecule has 5 nitrogen and oxygen atoms in total. The van der Waals surface area contributed by atoms with Crippen molar-refractivity contribution in [2.24, 2.45) is 0 Å². The number of carbonyl (C=O) groups is 1. The minimum Gasteiger partial charge on any atom is -0.496 e. The fourth-order valence-electron chi connectivity index (χ4n) is 4.10. The number of benzene rings is 2. The first-order valence-corrected chi connectivity index (χ1v) is 9.91. The van der Waals surface area contributed by atoms with Crippen LogP contribution in [0.2, 0.25) is 0 Å². The van der Waals surface area contributed by atoms with E-state index in [0.29, 0.717) is 17.9 Å². The van der Waals surface area contributed by atoms with Crippen molar-refractivity contribution in [3.8, 4) is 5.75 Å². The summed E-state index contributed by atoms with van der Waals surface area (Å²) in [7, 11) is 1.59. The summed E-state index contributed by atoms with van der Waals surface area (Å²) in [4.78, 5) is 20.8. The molecule has 0 spiro atoms. The third-order valence-electron chi connectivity index (χ3n) is 5.78. The van der Waals surface area contributed by atoms with Crippen molar-refractivity contribution in [2.75, 3.05) is 20.2 Å². The SMILES string of the molecule is COc1cc2[nH]ccc2cc1C(=O)N1C[C@@H](C)N(Cc2ccc(F)cc2)C[C@@H]1C. The van der Waals surface area contributed by atoms with Crippen molar-refractivity contribution < 1.29 is 13.9 Å². The highest BCUT2D eigenvalue weighted by atomic mass is 19.1. The number of halogens is 1. The topological polar surface area (TPSA) is 48.6 Å². The van der Waals surface area contributed by atoms with E-state index >= 15 is 0 Å². The first-order valence-electron chi connectivity index (χ1n) is 9.91. The Labute approximate surface area is 170 Å². The van der Waals surface area contributed by atoms with Gasteiger partial charge in [0, 0.05) is 54.9 Å². The second-order valence-electron chi connectivity index (χ2n) is 7.83. The van der Waals surface area contributed by atoms with Crippen LogP contribution in [0.25, 0.3) is 10.9 Å². The predicted molar refractivity (Wildman–Crippen MR) is 112 cm³/mol. The number of H-pyrrole nitrogens is 1. The van der Waals surface area contributed by atoms with Gasteiger partial charge in [0.1, 0.15) is 11.6 Å². The molecule has 0 saturated carbocycles. The summed E-state index contributed by atoms with van der Waals surface area (Å²) < 4.78 is 18.7. The molecule has 1 aliphatic heterocycles. The van der Waals surface area contributed by atoms with Gasteiger partial charge in [0.2, 0.25) is 0 Å². The number of methoxy groups -OCH3 is 1. The second kappa shape index (κ2) is 7.87. The van der Waals surface area contributed by atoms with E-state index in [4.69, 9.17) is 4.74 Å². The molecule has 152 valence electrons. The number of nitrogens with one attached hydrogen (secondary N) is 1. The number of nitrogens with zero attached hydrogens (tertiary/aromatic N) is 2. The van der Waals surface area contributed by atoms with E-state index in [2.05, 4.69) is 23.7 Å². The highest BCUT2D eigenvalue weighted by Gasteiger charge is 2.33. The lowest BCUT2D eigenvalue weighted by Crippen LogP contribution is -2.57. The quantitative estimate of drug-likeness (QED) is 0.725. The highest BCUT2D eigenvalue weighted by Crippen LogP contribution is 2.28. The Hall–Kier alpha value is -2.86. The van der Waals surface area contributed by atoms with Crippen molar-refractivity contribution in [2.45, 2.75) is 32.5 Å². The van der Waals surface area contributed by atoms with Crippen LogP contribution in [0.3, 0.4) is 0 Å². The Morgan fingerprint density at radius 3 is 2.62 bits per heavy atom. The Morgan fingerprint density at radius 2 is 1.90 bits per heavy atom. The summed E-state index contributed by atoms with van der Waals surface area (Å²) >= 11 is 0. The zero-order valence-electron chi connectivity index (χ0n) is 17.0. The van der Waals surface area contributed by atoms with Crippen LogP contribution in [0, 0.1) is 5.82 Å². The number of ether oxygens (including phenoxy) is 1. The van der Waals surface area contributed by atoms with Crippen LogP contribution in [0.15, 0.2) is 48.7 Å². The van der Waals surface area contributed by atoms with Crippen LogP contribution >= 0.6 is 0 Å². The average molecular weight is 395 g/mol. The van der Waals surface area contributed by atoms with Crippen LogP contribution in [0.5, 0.6) is 5.75 Å². The average Bonchev–Trinajstić information content (AvgIpc) is 3.18. The van der Waals surface area contributed by atoms with Gasteiger partial charge in [0.25, 0.3) is 5.91 Å². The molecular weight excluding hydrogens is 369 g/mol. The van der Waals surface area contributed by atoms with Gasteiger partial charge in [0.15, 0.2) is 0 Å². The molecule has 1 aromatic heterocycles. The van der Waals surface area contributed by atoms with Crippen molar-refractivity contribution in [1.82, 2.24) is 14.8 Å². The standard InChI is InChI=1S/C23H26FN3O2/c1-15-13-27(16(2)12-26(15)14-17-4-6-19(24)7-5-17)23(28)20-10-18-8-9-25-21(18)11-22(20)29-3/h4-11,15-16,25H,12-14H2,1-3H3/t15-,16+/m1/s1. The van der Waals surface area contributed by atoms with Crippen LogP contribution < -0.4 is 4.74 Å². The molecule has 4 rings (SSSR count).